The first-order valence-corrected chi connectivity index (χ1v) is 4.98. The average Bonchev–Trinajstić information content (AvgIpc) is 2.21. The third kappa shape index (κ3) is 3.32. The van der Waals surface area contributed by atoms with E-state index in [2.05, 4.69) is 11.2 Å². The second-order valence-corrected chi connectivity index (χ2v) is 3.98. The predicted octanol–water partition coefficient (Wildman–Crippen LogP) is 2.96. The minimum Gasteiger partial charge on any atom is -0.430 e. The van der Waals surface area contributed by atoms with Gasteiger partial charge in [-0.25, -0.2) is 4.79 Å². The summed E-state index contributed by atoms with van der Waals surface area (Å²) in [4.78, 5) is 11.5. The van der Waals surface area contributed by atoms with Crippen molar-refractivity contribution in [2.45, 2.75) is 26.4 Å². The molecule has 0 saturated carbocycles. The standard InChI is InChI=1S/C13H15NO2/c1-5-13(3,4)16-12(15)14-11-9-7-6-8-10(11)2/h1,6-9H,2-4H3,(H,14,15). The highest BCUT2D eigenvalue weighted by Crippen LogP contribution is 2.15. The normalized spacial score (nSPS) is 10.4. The van der Waals surface area contributed by atoms with E-state index < -0.39 is 11.7 Å². The Bertz CT molecular complexity index is 430. The van der Waals surface area contributed by atoms with Crippen LogP contribution in [-0.4, -0.2) is 11.7 Å². The number of carbonyl (C=O) groups excluding carboxylic acids is 1. The number of benzene rings is 1. The van der Waals surface area contributed by atoms with Gasteiger partial charge in [0, 0.05) is 5.69 Å². The maximum absolute atomic E-state index is 11.5. The van der Waals surface area contributed by atoms with Gasteiger partial charge in [0.25, 0.3) is 0 Å². The number of para-hydroxylation sites is 1. The number of hydrogen-bond acceptors (Lipinski definition) is 2. The number of aryl methyl sites for hydroxylation is 1. The van der Waals surface area contributed by atoms with Crippen LogP contribution < -0.4 is 5.32 Å². The molecule has 0 aliphatic heterocycles. The number of ether oxygens (including phenoxy) is 1. The molecule has 0 radical (unpaired) electrons. The Kier molecular flexibility index (Phi) is 3.57. The molecule has 0 heterocycles. The third-order valence-electron chi connectivity index (χ3n) is 2.08. The van der Waals surface area contributed by atoms with Gasteiger partial charge in [-0.3, -0.25) is 5.32 Å². The average molecular weight is 217 g/mol. The molecule has 3 heteroatoms. The molecule has 1 N–H and O–H groups in total. The van der Waals surface area contributed by atoms with E-state index in [1.54, 1.807) is 19.9 Å². The van der Waals surface area contributed by atoms with Gasteiger partial charge in [0.2, 0.25) is 0 Å². The molecule has 0 bridgehead atoms. The molecule has 16 heavy (non-hydrogen) atoms. The SMILES string of the molecule is C#CC(C)(C)OC(=O)Nc1ccccc1C. The van der Waals surface area contributed by atoms with Crippen LogP contribution in [0.15, 0.2) is 24.3 Å². The van der Waals surface area contributed by atoms with Gasteiger partial charge in [-0.1, -0.05) is 24.1 Å². The van der Waals surface area contributed by atoms with Crippen LogP contribution in [0.3, 0.4) is 0 Å². The van der Waals surface area contributed by atoms with Crippen molar-refractivity contribution in [2.24, 2.45) is 0 Å². The Labute approximate surface area is 95.8 Å². The summed E-state index contributed by atoms with van der Waals surface area (Å²) in [6.07, 6.45) is 4.68. The largest absolute Gasteiger partial charge is 0.430 e. The zero-order valence-electron chi connectivity index (χ0n) is 9.70. The lowest BCUT2D eigenvalue weighted by Crippen LogP contribution is -2.29. The molecule has 0 fully saturated rings. The van der Waals surface area contributed by atoms with Crippen LogP contribution in [0.1, 0.15) is 19.4 Å². The van der Waals surface area contributed by atoms with Gasteiger partial charge < -0.3 is 4.74 Å². The summed E-state index contributed by atoms with van der Waals surface area (Å²) in [7, 11) is 0. The second-order valence-electron chi connectivity index (χ2n) is 3.98. The van der Waals surface area contributed by atoms with Gasteiger partial charge in [-0.15, -0.1) is 6.42 Å². The summed E-state index contributed by atoms with van der Waals surface area (Å²) in [5, 5.41) is 2.64. The van der Waals surface area contributed by atoms with E-state index in [1.807, 2.05) is 25.1 Å². The third-order valence-corrected chi connectivity index (χ3v) is 2.08. The lowest BCUT2D eigenvalue weighted by molar-refractivity contribution is 0.0906. The fraction of sp³-hybridized carbons (Fsp3) is 0.308. The number of nitrogens with one attached hydrogen (secondary N) is 1. The van der Waals surface area contributed by atoms with E-state index in [0.717, 1.165) is 11.3 Å². The minimum absolute atomic E-state index is 0.544. The predicted molar refractivity (Wildman–Crippen MR) is 64.2 cm³/mol. The fourth-order valence-corrected chi connectivity index (χ4v) is 1.11. The van der Waals surface area contributed by atoms with Gasteiger partial charge >= 0.3 is 6.09 Å². The molecular weight excluding hydrogens is 202 g/mol. The lowest BCUT2D eigenvalue weighted by Gasteiger charge is -2.19. The number of carbonyl (C=O) groups is 1. The fourth-order valence-electron chi connectivity index (χ4n) is 1.11. The van der Waals surface area contributed by atoms with E-state index in [-0.39, 0.29) is 0 Å². The molecule has 0 spiro atoms. The van der Waals surface area contributed by atoms with Crippen molar-refractivity contribution in [3.63, 3.8) is 0 Å². The molecule has 0 aliphatic carbocycles. The highest BCUT2D eigenvalue weighted by atomic mass is 16.6. The van der Waals surface area contributed by atoms with Gasteiger partial charge in [-0.2, -0.15) is 0 Å². The Morgan fingerprint density at radius 1 is 1.44 bits per heavy atom. The number of amides is 1. The monoisotopic (exact) mass is 217 g/mol. The molecule has 1 rings (SSSR count). The first-order valence-electron chi connectivity index (χ1n) is 4.98. The summed E-state index contributed by atoms with van der Waals surface area (Å²) < 4.78 is 5.06. The maximum Gasteiger partial charge on any atom is 0.413 e. The molecular formula is C13H15NO2. The van der Waals surface area contributed by atoms with Crippen molar-refractivity contribution in [2.75, 3.05) is 5.32 Å². The molecule has 0 aromatic heterocycles. The summed E-state index contributed by atoms with van der Waals surface area (Å²) >= 11 is 0. The highest BCUT2D eigenvalue weighted by Gasteiger charge is 2.19. The van der Waals surface area contributed by atoms with E-state index >= 15 is 0 Å². The highest BCUT2D eigenvalue weighted by molar-refractivity contribution is 5.86. The molecule has 0 unspecified atom stereocenters. The molecule has 1 aromatic carbocycles. The van der Waals surface area contributed by atoms with Crippen LogP contribution in [0.25, 0.3) is 0 Å². The van der Waals surface area contributed by atoms with Crippen molar-refractivity contribution < 1.29 is 9.53 Å². The van der Waals surface area contributed by atoms with E-state index in [1.165, 1.54) is 0 Å². The van der Waals surface area contributed by atoms with Crippen LogP contribution in [0.4, 0.5) is 10.5 Å². The Morgan fingerprint density at radius 2 is 2.06 bits per heavy atom. The second kappa shape index (κ2) is 4.71. The molecule has 0 atom stereocenters. The number of terminal acetylenes is 1. The lowest BCUT2D eigenvalue weighted by atomic mass is 10.1. The van der Waals surface area contributed by atoms with Gasteiger partial charge in [-0.05, 0) is 32.4 Å². The summed E-state index contributed by atoms with van der Waals surface area (Å²) in [6, 6.07) is 7.45. The maximum atomic E-state index is 11.5. The van der Waals surface area contributed by atoms with Crippen LogP contribution in [0, 0.1) is 19.3 Å². The summed E-state index contributed by atoms with van der Waals surface area (Å²) in [5.41, 5.74) is 0.797. The van der Waals surface area contributed by atoms with E-state index in [9.17, 15) is 4.79 Å². The quantitative estimate of drug-likeness (QED) is 0.773. The van der Waals surface area contributed by atoms with E-state index in [4.69, 9.17) is 11.2 Å². The molecule has 0 saturated heterocycles. The topological polar surface area (TPSA) is 38.3 Å². The first kappa shape index (κ1) is 12.1. The molecule has 1 aromatic rings. The molecule has 84 valence electrons. The summed E-state index contributed by atoms with van der Waals surface area (Å²) in [6.45, 7) is 5.22. The smallest absolute Gasteiger partial charge is 0.413 e. The van der Waals surface area contributed by atoms with Gasteiger partial charge in [0.1, 0.15) is 0 Å². The van der Waals surface area contributed by atoms with Crippen LogP contribution in [-0.2, 0) is 4.74 Å². The Morgan fingerprint density at radius 3 is 2.62 bits per heavy atom. The molecule has 0 aliphatic rings. The van der Waals surface area contributed by atoms with Crippen molar-refractivity contribution in [3.05, 3.63) is 29.8 Å². The zero-order chi connectivity index (χ0) is 12.2. The number of hydrogen-bond donors (Lipinski definition) is 1. The van der Waals surface area contributed by atoms with E-state index in [0.29, 0.717) is 0 Å². The zero-order valence-corrected chi connectivity index (χ0v) is 9.70. The number of rotatable bonds is 2. The van der Waals surface area contributed by atoms with Crippen molar-refractivity contribution in [3.8, 4) is 12.3 Å². The molecule has 3 nitrogen and oxygen atoms in total. The van der Waals surface area contributed by atoms with Crippen molar-refractivity contribution in [1.29, 1.82) is 0 Å². The first-order chi connectivity index (χ1) is 7.44. The molecule has 1 amide bonds. The Hall–Kier alpha value is -1.95. The van der Waals surface area contributed by atoms with Gasteiger partial charge in [0.15, 0.2) is 5.60 Å². The minimum atomic E-state index is -0.896. The van der Waals surface area contributed by atoms with Crippen LogP contribution >= 0.6 is 0 Å². The Balaban J connectivity index is 2.67. The summed E-state index contributed by atoms with van der Waals surface area (Å²) in [5.74, 6) is 2.39. The van der Waals surface area contributed by atoms with Crippen LogP contribution in [0.2, 0.25) is 0 Å². The van der Waals surface area contributed by atoms with Gasteiger partial charge in [0.05, 0.1) is 0 Å². The van der Waals surface area contributed by atoms with Crippen molar-refractivity contribution in [1.82, 2.24) is 0 Å². The van der Waals surface area contributed by atoms with Crippen molar-refractivity contribution >= 4 is 11.8 Å². The van der Waals surface area contributed by atoms with Crippen LogP contribution in [0.5, 0.6) is 0 Å². The number of anilines is 1.